The van der Waals surface area contributed by atoms with E-state index in [4.69, 9.17) is 9.47 Å². The molecule has 10 heteroatoms. The molecule has 2 aromatic carbocycles. The quantitative estimate of drug-likeness (QED) is 0.643. The summed E-state index contributed by atoms with van der Waals surface area (Å²) in [5.74, 6) is 0.707. The van der Waals surface area contributed by atoms with Gasteiger partial charge in [0, 0.05) is 45.4 Å². The monoisotopic (exact) mass is 497 g/mol. The first kappa shape index (κ1) is 23.4. The summed E-state index contributed by atoms with van der Waals surface area (Å²) in [5, 5.41) is 0. The van der Waals surface area contributed by atoms with E-state index < -0.39 is 10.0 Å². The molecule has 3 heterocycles. The van der Waals surface area contributed by atoms with Gasteiger partial charge >= 0.3 is 0 Å². The summed E-state index contributed by atoms with van der Waals surface area (Å²) in [6.45, 7) is 3.25. The summed E-state index contributed by atoms with van der Waals surface area (Å²) in [6.07, 6.45) is 3.73. The molecule has 2 amide bonds. The average molecular weight is 498 g/mol. The Bertz CT molecular complexity index is 1280. The molecule has 2 aromatic rings. The molecule has 1 fully saturated rings. The SMILES string of the molecule is CC(=O)N1C=Cc2ccccc2[C@@H]1CC(=O)N1CCN(S(=O)(=O)c2ccc3c(c2)OCCO3)CC1. The van der Waals surface area contributed by atoms with Crippen LogP contribution in [0.5, 0.6) is 11.5 Å². The van der Waals surface area contributed by atoms with Crippen molar-refractivity contribution in [3.8, 4) is 11.5 Å². The maximum Gasteiger partial charge on any atom is 0.243 e. The lowest BCUT2D eigenvalue weighted by Crippen LogP contribution is -2.51. The Labute approximate surface area is 204 Å². The molecule has 0 unspecified atom stereocenters. The van der Waals surface area contributed by atoms with Crippen molar-refractivity contribution < 1.29 is 27.5 Å². The van der Waals surface area contributed by atoms with Crippen molar-refractivity contribution in [2.24, 2.45) is 0 Å². The number of carbonyl (C=O) groups is 2. The van der Waals surface area contributed by atoms with Gasteiger partial charge < -0.3 is 19.3 Å². The Kier molecular flexibility index (Phi) is 6.24. The zero-order valence-corrected chi connectivity index (χ0v) is 20.2. The van der Waals surface area contributed by atoms with Gasteiger partial charge in [0.1, 0.15) is 13.2 Å². The number of ether oxygens (including phenoxy) is 2. The van der Waals surface area contributed by atoms with E-state index in [9.17, 15) is 18.0 Å². The van der Waals surface area contributed by atoms with Gasteiger partial charge in [0.05, 0.1) is 17.4 Å². The first-order valence-corrected chi connectivity index (χ1v) is 13.0. The summed E-state index contributed by atoms with van der Waals surface area (Å²) < 4.78 is 38.8. The van der Waals surface area contributed by atoms with Crippen LogP contribution in [0.2, 0.25) is 0 Å². The Balaban J connectivity index is 1.26. The fraction of sp³-hybridized carbons (Fsp3) is 0.360. The minimum absolute atomic E-state index is 0.109. The highest BCUT2D eigenvalue weighted by Gasteiger charge is 2.34. The second-order valence-electron chi connectivity index (χ2n) is 8.68. The first-order valence-electron chi connectivity index (χ1n) is 11.6. The van der Waals surface area contributed by atoms with Crippen molar-refractivity contribution in [2.45, 2.75) is 24.3 Å². The van der Waals surface area contributed by atoms with Gasteiger partial charge in [0.15, 0.2) is 11.5 Å². The maximum atomic E-state index is 13.2. The number of benzene rings is 2. The Morgan fingerprint density at radius 3 is 2.43 bits per heavy atom. The second kappa shape index (κ2) is 9.35. The molecule has 1 saturated heterocycles. The summed E-state index contributed by atoms with van der Waals surface area (Å²) in [5.41, 5.74) is 1.91. The van der Waals surface area contributed by atoms with Gasteiger partial charge in [-0.3, -0.25) is 9.59 Å². The largest absolute Gasteiger partial charge is 0.486 e. The lowest BCUT2D eigenvalue weighted by Gasteiger charge is -2.37. The van der Waals surface area contributed by atoms with E-state index in [0.717, 1.165) is 11.1 Å². The van der Waals surface area contributed by atoms with Gasteiger partial charge in [0.2, 0.25) is 21.8 Å². The lowest BCUT2D eigenvalue weighted by atomic mass is 9.93. The van der Waals surface area contributed by atoms with Gasteiger partial charge in [0.25, 0.3) is 0 Å². The van der Waals surface area contributed by atoms with Crippen LogP contribution in [-0.4, -0.2) is 73.7 Å². The molecule has 35 heavy (non-hydrogen) atoms. The van der Waals surface area contributed by atoms with Crippen LogP contribution in [0.1, 0.15) is 30.5 Å². The molecule has 5 rings (SSSR count). The average Bonchev–Trinajstić information content (AvgIpc) is 2.88. The second-order valence-corrected chi connectivity index (χ2v) is 10.6. The zero-order valence-electron chi connectivity index (χ0n) is 19.4. The highest BCUT2D eigenvalue weighted by molar-refractivity contribution is 7.89. The normalized spacial score (nSPS) is 19.9. The standard InChI is InChI=1S/C25H27N3O6S/c1-18(29)28-9-8-19-4-2-3-5-21(19)22(28)17-25(30)26-10-12-27(13-11-26)35(31,32)20-6-7-23-24(16-20)34-15-14-33-23/h2-9,16,22H,10-15,17H2,1H3/t22-/m0/s1. The van der Waals surface area contributed by atoms with Crippen LogP contribution in [0.4, 0.5) is 0 Å². The predicted octanol–water partition coefficient (Wildman–Crippen LogP) is 2.25. The number of fused-ring (bicyclic) bond motifs is 2. The van der Waals surface area contributed by atoms with Crippen LogP contribution < -0.4 is 9.47 Å². The minimum Gasteiger partial charge on any atom is -0.486 e. The number of hydrogen-bond donors (Lipinski definition) is 0. The fourth-order valence-electron chi connectivity index (χ4n) is 4.72. The molecule has 1 atom stereocenters. The van der Waals surface area contributed by atoms with Crippen molar-refractivity contribution in [3.63, 3.8) is 0 Å². The zero-order chi connectivity index (χ0) is 24.6. The van der Waals surface area contributed by atoms with Crippen LogP contribution in [0, 0.1) is 0 Å². The molecule has 9 nitrogen and oxygen atoms in total. The van der Waals surface area contributed by atoms with Crippen molar-refractivity contribution in [3.05, 3.63) is 59.8 Å². The predicted molar refractivity (Wildman–Crippen MR) is 128 cm³/mol. The third-order valence-corrected chi connectivity index (χ3v) is 8.47. The van der Waals surface area contributed by atoms with Crippen LogP contribution in [0.3, 0.4) is 0 Å². The number of piperazine rings is 1. The topological polar surface area (TPSA) is 96.5 Å². The van der Waals surface area contributed by atoms with E-state index in [-0.39, 0.29) is 55.4 Å². The highest BCUT2D eigenvalue weighted by atomic mass is 32.2. The third kappa shape index (κ3) is 4.51. The molecule has 0 aromatic heterocycles. The van der Waals surface area contributed by atoms with Crippen molar-refractivity contribution >= 4 is 27.9 Å². The molecular formula is C25H27N3O6S. The summed E-state index contributed by atoms with van der Waals surface area (Å²) >= 11 is 0. The van der Waals surface area contributed by atoms with E-state index in [1.165, 1.54) is 23.4 Å². The molecule has 0 radical (unpaired) electrons. The van der Waals surface area contributed by atoms with E-state index in [1.807, 2.05) is 30.3 Å². The number of sulfonamides is 1. The molecule has 0 bridgehead atoms. The fourth-order valence-corrected chi connectivity index (χ4v) is 6.16. The van der Waals surface area contributed by atoms with Crippen LogP contribution in [0.25, 0.3) is 6.08 Å². The Hall–Kier alpha value is -3.37. The van der Waals surface area contributed by atoms with Gasteiger partial charge in [-0.2, -0.15) is 4.31 Å². The van der Waals surface area contributed by atoms with E-state index in [1.54, 1.807) is 22.1 Å². The highest BCUT2D eigenvalue weighted by Crippen LogP contribution is 2.35. The minimum atomic E-state index is -3.73. The van der Waals surface area contributed by atoms with Crippen molar-refractivity contribution in [1.82, 2.24) is 14.1 Å². The van der Waals surface area contributed by atoms with Gasteiger partial charge in [-0.25, -0.2) is 8.42 Å². The van der Waals surface area contributed by atoms with Gasteiger partial charge in [-0.05, 0) is 29.3 Å². The van der Waals surface area contributed by atoms with E-state index in [0.29, 0.717) is 24.7 Å². The molecule has 0 saturated carbocycles. The molecule has 0 N–H and O–H groups in total. The number of amides is 2. The summed E-state index contributed by atoms with van der Waals surface area (Å²) in [6, 6.07) is 11.9. The molecule has 0 spiro atoms. The van der Waals surface area contributed by atoms with Crippen LogP contribution in [0.15, 0.2) is 53.6 Å². The number of hydrogen-bond acceptors (Lipinski definition) is 6. The smallest absolute Gasteiger partial charge is 0.243 e. The molecule has 0 aliphatic carbocycles. The van der Waals surface area contributed by atoms with E-state index >= 15 is 0 Å². The first-order chi connectivity index (χ1) is 16.8. The summed E-state index contributed by atoms with van der Waals surface area (Å²) in [7, 11) is -3.73. The van der Waals surface area contributed by atoms with Crippen LogP contribution >= 0.6 is 0 Å². The molecule has 184 valence electrons. The van der Waals surface area contributed by atoms with Crippen molar-refractivity contribution in [1.29, 1.82) is 0 Å². The Morgan fingerprint density at radius 2 is 1.69 bits per heavy atom. The number of rotatable bonds is 4. The summed E-state index contributed by atoms with van der Waals surface area (Å²) in [4.78, 5) is 28.8. The lowest BCUT2D eigenvalue weighted by molar-refractivity contribution is -0.135. The third-order valence-electron chi connectivity index (χ3n) is 6.58. The molecule has 3 aliphatic heterocycles. The van der Waals surface area contributed by atoms with Crippen molar-refractivity contribution in [2.75, 3.05) is 39.4 Å². The maximum absolute atomic E-state index is 13.2. The molecule has 3 aliphatic rings. The van der Waals surface area contributed by atoms with Gasteiger partial charge in [-0.15, -0.1) is 0 Å². The number of carbonyl (C=O) groups excluding carboxylic acids is 2. The van der Waals surface area contributed by atoms with Crippen LogP contribution in [-0.2, 0) is 19.6 Å². The molecular weight excluding hydrogens is 470 g/mol. The number of nitrogens with zero attached hydrogens (tertiary/aromatic N) is 3. The Morgan fingerprint density at radius 1 is 0.971 bits per heavy atom. The van der Waals surface area contributed by atoms with Gasteiger partial charge in [-0.1, -0.05) is 24.3 Å². The van der Waals surface area contributed by atoms with E-state index in [2.05, 4.69) is 0 Å².